The molecule has 0 aromatic rings. The molecule has 4 amide bonds. The molecule has 0 saturated carbocycles. The summed E-state index contributed by atoms with van der Waals surface area (Å²) in [6.07, 6.45) is 0. The Morgan fingerprint density at radius 3 is 2.43 bits per heavy atom. The van der Waals surface area contributed by atoms with Crippen molar-refractivity contribution in [2.75, 3.05) is 33.4 Å². The lowest BCUT2D eigenvalue weighted by Crippen LogP contribution is -2.46. The third kappa shape index (κ3) is 4.15. The van der Waals surface area contributed by atoms with Gasteiger partial charge in [0.1, 0.15) is 18.6 Å². The Morgan fingerprint density at radius 1 is 1.38 bits per heavy atom. The number of hydrogen-bond donors (Lipinski definition) is 2. The Kier molecular flexibility index (Phi) is 5.25. The number of rotatable bonds is 7. The second-order valence-corrected chi connectivity index (χ2v) is 5.15. The van der Waals surface area contributed by atoms with Crippen molar-refractivity contribution in [2.45, 2.75) is 19.4 Å². The van der Waals surface area contributed by atoms with Crippen molar-refractivity contribution in [1.29, 1.82) is 0 Å². The fourth-order valence-corrected chi connectivity index (χ4v) is 1.85. The lowest BCUT2D eigenvalue weighted by Gasteiger charge is -2.23. The molecule has 0 aromatic carbocycles. The van der Waals surface area contributed by atoms with Gasteiger partial charge in [0.25, 0.3) is 5.91 Å². The predicted molar refractivity (Wildman–Crippen MR) is 70.4 cm³/mol. The van der Waals surface area contributed by atoms with Crippen molar-refractivity contribution in [3.05, 3.63) is 0 Å². The number of carboxylic acids is 1. The van der Waals surface area contributed by atoms with Crippen molar-refractivity contribution in [3.63, 3.8) is 0 Å². The van der Waals surface area contributed by atoms with E-state index in [0.717, 1.165) is 9.80 Å². The van der Waals surface area contributed by atoms with Crippen molar-refractivity contribution in [3.8, 4) is 0 Å². The van der Waals surface area contributed by atoms with Gasteiger partial charge in [-0.15, -0.1) is 0 Å². The molecule has 118 valence electrons. The summed E-state index contributed by atoms with van der Waals surface area (Å²) in [6, 6.07) is -0.666. The van der Waals surface area contributed by atoms with E-state index in [2.05, 4.69) is 5.32 Å². The molecule has 0 bridgehead atoms. The first-order valence-electron chi connectivity index (χ1n) is 6.31. The van der Waals surface area contributed by atoms with Crippen molar-refractivity contribution >= 4 is 23.8 Å². The van der Waals surface area contributed by atoms with Gasteiger partial charge in [0, 0.05) is 13.7 Å². The number of amides is 4. The molecule has 0 aliphatic carbocycles. The van der Waals surface area contributed by atoms with Gasteiger partial charge in [-0.25, -0.2) is 4.79 Å². The molecule has 0 unspecified atom stereocenters. The van der Waals surface area contributed by atoms with Gasteiger partial charge in [-0.05, 0) is 13.8 Å². The molecule has 1 aliphatic rings. The summed E-state index contributed by atoms with van der Waals surface area (Å²) in [7, 11) is 1.42. The molecular weight excluding hydrogens is 282 g/mol. The zero-order chi connectivity index (χ0) is 16.2. The Labute approximate surface area is 121 Å². The second kappa shape index (κ2) is 6.53. The molecule has 0 spiro atoms. The van der Waals surface area contributed by atoms with Crippen LogP contribution in [0.3, 0.4) is 0 Å². The van der Waals surface area contributed by atoms with E-state index >= 15 is 0 Å². The molecule has 9 heteroatoms. The maximum atomic E-state index is 12.1. The van der Waals surface area contributed by atoms with E-state index in [9.17, 15) is 19.2 Å². The van der Waals surface area contributed by atoms with Crippen molar-refractivity contribution in [2.24, 2.45) is 0 Å². The van der Waals surface area contributed by atoms with Crippen LogP contribution in [-0.2, 0) is 19.1 Å². The summed E-state index contributed by atoms with van der Waals surface area (Å²) >= 11 is 0. The third-order valence-electron chi connectivity index (χ3n) is 2.98. The summed E-state index contributed by atoms with van der Waals surface area (Å²) in [6.45, 7) is 2.26. The van der Waals surface area contributed by atoms with Crippen LogP contribution in [0.25, 0.3) is 0 Å². The largest absolute Gasteiger partial charge is 0.480 e. The average molecular weight is 301 g/mol. The molecule has 1 rings (SSSR count). The van der Waals surface area contributed by atoms with Gasteiger partial charge in [0.05, 0.1) is 6.61 Å². The highest BCUT2D eigenvalue weighted by atomic mass is 16.5. The molecule has 1 saturated heterocycles. The van der Waals surface area contributed by atoms with Gasteiger partial charge in [0.15, 0.2) is 0 Å². The normalized spacial score (nSPS) is 16.8. The van der Waals surface area contributed by atoms with E-state index < -0.39 is 42.4 Å². The third-order valence-corrected chi connectivity index (χ3v) is 2.98. The van der Waals surface area contributed by atoms with Crippen molar-refractivity contribution < 1.29 is 29.0 Å². The lowest BCUT2D eigenvalue weighted by atomic mass is 10.1. The SMILES string of the molecule is COCCN(CC(=O)O)C(=O)CN1C(=O)NC(C)(C)C1=O. The van der Waals surface area contributed by atoms with Gasteiger partial charge < -0.3 is 20.1 Å². The van der Waals surface area contributed by atoms with Gasteiger partial charge in [-0.3, -0.25) is 19.3 Å². The average Bonchev–Trinajstić information content (AvgIpc) is 2.56. The predicted octanol–water partition coefficient (Wildman–Crippen LogP) is -1.12. The number of nitrogens with one attached hydrogen (secondary N) is 1. The van der Waals surface area contributed by atoms with Crippen LogP contribution < -0.4 is 5.32 Å². The fourth-order valence-electron chi connectivity index (χ4n) is 1.85. The summed E-state index contributed by atoms with van der Waals surface area (Å²) in [5, 5.41) is 11.2. The van der Waals surface area contributed by atoms with Crippen LogP contribution in [-0.4, -0.2) is 77.6 Å². The summed E-state index contributed by atoms with van der Waals surface area (Å²) in [5.41, 5.74) is -1.07. The van der Waals surface area contributed by atoms with E-state index in [4.69, 9.17) is 9.84 Å². The molecule has 21 heavy (non-hydrogen) atoms. The molecule has 0 atom stereocenters. The van der Waals surface area contributed by atoms with Gasteiger partial charge in [0.2, 0.25) is 5.91 Å². The lowest BCUT2D eigenvalue weighted by molar-refractivity contribution is -0.146. The van der Waals surface area contributed by atoms with Crippen LogP contribution in [0.5, 0.6) is 0 Å². The van der Waals surface area contributed by atoms with E-state index in [1.165, 1.54) is 21.0 Å². The van der Waals surface area contributed by atoms with E-state index in [1.54, 1.807) is 0 Å². The Bertz CT molecular complexity index is 462. The second-order valence-electron chi connectivity index (χ2n) is 5.15. The number of ether oxygens (including phenoxy) is 1. The maximum absolute atomic E-state index is 12.1. The molecule has 1 fully saturated rings. The molecule has 2 N–H and O–H groups in total. The first-order chi connectivity index (χ1) is 9.69. The quantitative estimate of drug-likeness (QED) is 0.575. The number of nitrogens with zero attached hydrogens (tertiary/aromatic N) is 2. The van der Waals surface area contributed by atoms with Crippen LogP contribution in [0, 0.1) is 0 Å². The van der Waals surface area contributed by atoms with Gasteiger partial charge in [-0.2, -0.15) is 0 Å². The molecule has 1 heterocycles. The summed E-state index contributed by atoms with van der Waals surface area (Å²) in [4.78, 5) is 48.3. The van der Waals surface area contributed by atoms with Crippen LogP contribution in [0.15, 0.2) is 0 Å². The number of carbonyl (C=O) groups is 4. The van der Waals surface area contributed by atoms with E-state index in [-0.39, 0.29) is 13.2 Å². The monoisotopic (exact) mass is 301 g/mol. The maximum Gasteiger partial charge on any atom is 0.325 e. The topological polar surface area (TPSA) is 116 Å². The van der Waals surface area contributed by atoms with E-state index in [1.807, 2.05) is 0 Å². The Hall–Kier alpha value is -2.16. The molecule has 0 radical (unpaired) electrons. The highest BCUT2D eigenvalue weighted by molar-refractivity contribution is 6.08. The number of imide groups is 1. The minimum atomic E-state index is -1.18. The number of methoxy groups -OCH3 is 1. The minimum absolute atomic E-state index is 0.0642. The Balaban J connectivity index is 2.74. The van der Waals surface area contributed by atoms with Crippen LogP contribution >= 0.6 is 0 Å². The van der Waals surface area contributed by atoms with Crippen LogP contribution in [0.4, 0.5) is 4.79 Å². The Morgan fingerprint density at radius 2 is 2.00 bits per heavy atom. The summed E-state index contributed by atoms with van der Waals surface area (Å²) < 4.78 is 4.80. The van der Waals surface area contributed by atoms with Gasteiger partial charge in [-0.1, -0.05) is 0 Å². The highest BCUT2D eigenvalue weighted by Crippen LogP contribution is 2.16. The smallest absolute Gasteiger partial charge is 0.325 e. The first kappa shape index (κ1) is 16.9. The number of aliphatic carboxylic acids is 1. The highest BCUT2D eigenvalue weighted by Gasteiger charge is 2.45. The standard InChI is InChI=1S/C12H19N3O6/c1-12(2)10(19)15(11(20)13-12)6-8(16)14(4-5-21-3)7-9(17)18/h4-7H2,1-3H3,(H,13,20)(H,17,18). The number of urea groups is 1. The van der Waals surface area contributed by atoms with Gasteiger partial charge >= 0.3 is 12.0 Å². The zero-order valence-corrected chi connectivity index (χ0v) is 12.2. The molecule has 0 aromatic heterocycles. The molecule has 1 aliphatic heterocycles. The number of carbonyl (C=O) groups excluding carboxylic acids is 3. The molecule has 9 nitrogen and oxygen atoms in total. The van der Waals surface area contributed by atoms with Crippen LogP contribution in [0.2, 0.25) is 0 Å². The van der Waals surface area contributed by atoms with Crippen molar-refractivity contribution in [1.82, 2.24) is 15.1 Å². The zero-order valence-electron chi connectivity index (χ0n) is 12.2. The number of carboxylic acid groups (broad SMARTS) is 1. The fraction of sp³-hybridized carbons (Fsp3) is 0.667. The number of hydrogen-bond acceptors (Lipinski definition) is 5. The van der Waals surface area contributed by atoms with Crippen LogP contribution in [0.1, 0.15) is 13.8 Å². The van der Waals surface area contributed by atoms with E-state index in [0.29, 0.717) is 0 Å². The minimum Gasteiger partial charge on any atom is -0.480 e. The first-order valence-corrected chi connectivity index (χ1v) is 6.31. The summed E-state index contributed by atoms with van der Waals surface area (Å²) in [5.74, 6) is -2.34. The molecular formula is C12H19N3O6.